The molecule has 0 saturated heterocycles. The Balaban J connectivity index is 1.62. The minimum Gasteiger partial charge on any atom is -0.468 e. The third kappa shape index (κ3) is 6.88. The van der Waals surface area contributed by atoms with Crippen LogP contribution in [0.2, 0.25) is 0 Å². The molecule has 0 aliphatic rings. The molecule has 0 aliphatic carbocycles. The summed E-state index contributed by atoms with van der Waals surface area (Å²) in [6.07, 6.45) is 2.43. The number of thioether (sulfide) groups is 1. The van der Waals surface area contributed by atoms with Gasteiger partial charge in [-0.25, -0.2) is 8.42 Å². The summed E-state index contributed by atoms with van der Waals surface area (Å²) in [5.74, 6) is 2.21. The van der Waals surface area contributed by atoms with E-state index >= 15 is 0 Å². The minimum absolute atomic E-state index is 0.144. The van der Waals surface area contributed by atoms with Gasteiger partial charge in [0.15, 0.2) is 0 Å². The van der Waals surface area contributed by atoms with E-state index in [0.717, 1.165) is 38.0 Å². The molecule has 1 heterocycles. The first-order valence-corrected chi connectivity index (χ1v) is 13.5. The summed E-state index contributed by atoms with van der Waals surface area (Å²) in [4.78, 5) is 12.8. The average molecular weight is 538 g/mol. The van der Waals surface area contributed by atoms with Crippen LogP contribution in [-0.4, -0.2) is 33.2 Å². The first-order valence-electron chi connectivity index (χ1n) is 10.1. The van der Waals surface area contributed by atoms with E-state index in [1.54, 1.807) is 66.6 Å². The van der Waals surface area contributed by atoms with Gasteiger partial charge in [-0.1, -0.05) is 39.7 Å². The summed E-state index contributed by atoms with van der Waals surface area (Å²) in [5, 5.41) is 2.83. The summed E-state index contributed by atoms with van der Waals surface area (Å²) in [6.45, 7) is 2.07. The number of nitrogens with one attached hydrogen (secondary N) is 1. The van der Waals surface area contributed by atoms with Gasteiger partial charge in [-0.3, -0.25) is 9.10 Å². The molecule has 0 fully saturated rings. The lowest BCUT2D eigenvalue weighted by Gasteiger charge is -2.24. The number of furan rings is 1. The fraction of sp³-hybridized carbons (Fsp3) is 0.261. The van der Waals surface area contributed by atoms with Crippen LogP contribution in [0, 0.1) is 6.92 Å². The summed E-state index contributed by atoms with van der Waals surface area (Å²) in [6, 6.07) is 17.3. The lowest BCUT2D eigenvalue weighted by molar-refractivity contribution is -0.119. The molecule has 0 unspecified atom stereocenters. The normalized spacial score (nSPS) is 11.3. The summed E-state index contributed by atoms with van der Waals surface area (Å²) in [7, 11) is -3.91. The van der Waals surface area contributed by atoms with Gasteiger partial charge in [0.1, 0.15) is 12.3 Å². The zero-order valence-electron chi connectivity index (χ0n) is 17.7. The highest BCUT2D eigenvalue weighted by Crippen LogP contribution is 2.26. The van der Waals surface area contributed by atoms with Crippen LogP contribution in [0.3, 0.4) is 0 Å². The zero-order chi connectivity index (χ0) is 23.0. The van der Waals surface area contributed by atoms with Crippen LogP contribution in [0.1, 0.15) is 17.7 Å². The Morgan fingerprint density at radius 1 is 1.12 bits per heavy atom. The lowest BCUT2D eigenvalue weighted by Crippen LogP contribution is -2.41. The quantitative estimate of drug-likeness (QED) is 0.349. The maximum absolute atomic E-state index is 13.3. The number of rotatable bonds is 11. The van der Waals surface area contributed by atoms with Crippen molar-refractivity contribution in [3.8, 4) is 0 Å². The number of carbonyl (C=O) groups is 1. The summed E-state index contributed by atoms with van der Waals surface area (Å²) in [5.41, 5.74) is 1.38. The number of halogens is 1. The van der Waals surface area contributed by atoms with Crippen molar-refractivity contribution in [2.24, 2.45) is 0 Å². The van der Waals surface area contributed by atoms with E-state index < -0.39 is 10.0 Å². The average Bonchev–Trinajstić information content (AvgIpc) is 3.28. The standard InChI is InChI=1S/C23H25BrN2O4S2/c1-18-8-10-22(11-9-18)32(28,29)26(20-6-2-5-19(24)15-20)16-23(27)25-12-4-14-31-17-21-7-3-13-30-21/h2-3,5-11,13,15H,4,12,14,16-17H2,1H3,(H,25,27). The highest BCUT2D eigenvalue weighted by Gasteiger charge is 2.27. The molecular weight excluding hydrogens is 512 g/mol. The Morgan fingerprint density at radius 2 is 1.91 bits per heavy atom. The van der Waals surface area contributed by atoms with Crippen molar-refractivity contribution < 1.29 is 17.6 Å². The van der Waals surface area contributed by atoms with Crippen molar-refractivity contribution in [1.82, 2.24) is 5.32 Å². The highest BCUT2D eigenvalue weighted by atomic mass is 79.9. The van der Waals surface area contributed by atoms with Crippen LogP contribution in [0.15, 0.2) is 80.7 Å². The number of anilines is 1. The number of aryl methyl sites for hydroxylation is 1. The van der Waals surface area contributed by atoms with Crippen LogP contribution in [0.4, 0.5) is 5.69 Å². The molecule has 2 aromatic carbocycles. The number of benzene rings is 2. The predicted molar refractivity (Wildman–Crippen MR) is 132 cm³/mol. The van der Waals surface area contributed by atoms with E-state index in [4.69, 9.17) is 4.42 Å². The number of amides is 1. The summed E-state index contributed by atoms with van der Waals surface area (Å²) < 4.78 is 33.8. The van der Waals surface area contributed by atoms with Crippen molar-refractivity contribution in [3.63, 3.8) is 0 Å². The molecule has 1 aromatic heterocycles. The maximum atomic E-state index is 13.3. The Bertz CT molecular complexity index is 1120. The van der Waals surface area contributed by atoms with Crippen LogP contribution in [0.25, 0.3) is 0 Å². The van der Waals surface area contributed by atoms with Crippen LogP contribution in [0.5, 0.6) is 0 Å². The van der Waals surface area contributed by atoms with Gasteiger partial charge in [-0.15, -0.1) is 0 Å². The third-order valence-electron chi connectivity index (χ3n) is 4.60. The van der Waals surface area contributed by atoms with Gasteiger partial charge in [0.2, 0.25) is 5.91 Å². The molecule has 0 bridgehead atoms. The molecule has 6 nitrogen and oxygen atoms in total. The van der Waals surface area contributed by atoms with E-state index in [1.165, 1.54) is 0 Å². The van der Waals surface area contributed by atoms with Gasteiger partial charge in [-0.2, -0.15) is 11.8 Å². The smallest absolute Gasteiger partial charge is 0.264 e. The molecule has 3 aromatic rings. The van der Waals surface area contributed by atoms with Crippen molar-refractivity contribution in [1.29, 1.82) is 0 Å². The van der Waals surface area contributed by atoms with E-state index in [9.17, 15) is 13.2 Å². The van der Waals surface area contributed by atoms with Gasteiger partial charge < -0.3 is 9.73 Å². The molecular formula is C23H25BrN2O4S2. The van der Waals surface area contributed by atoms with Crippen LogP contribution < -0.4 is 9.62 Å². The van der Waals surface area contributed by atoms with Crippen molar-refractivity contribution in [2.45, 2.75) is 24.0 Å². The molecule has 170 valence electrons. The zero-order valence-corrected chi connectivity index (χ0v) is 20.9. The Labute approximate surface area is 201 Å². The second kappa shape index (κ2) is 11.6. The maximum Gasteiger partial charge on any atom is 0.264 e. The van der Waals surface area contributed by atoms with E-state index in [2.05, 4.69) is 21.2 Å². The predicted octanol–water partition coefficient (Wildman–Crippen LogP) is 4.99. The van der Waals surface area contributed by atoms with Gasteiger partial charge >= 0.3 is 0 Å². The van der Waals surface area contributed by atoms with Gasteiger partial charge in [-0.05, 0) is 61.6 Å². The Hall–Kier alpha value is -2.23. The molecule has 0 radical (unpaired) electrons. The summed E-state index contributed by atoms with van der Waals surface area (Å²) >= 11 is 5.10. The molecule has 0 spiro atoms. The fourth-order valence-electron chi connectivity index (χ4n) is 2.94. The van der Waals surface area contributed by atoms with Crippen LogP contribution in [-0.2, 0) is 20.6 Å². The van der Waals surface area contributed by atoms with E-state index in [0.29, 0.717) is 12.2 Å². The van der Waals surface area contributed by atoms with Crippen LogP contribution >= 0.6 is 27.7 Å². The number of nitrogens with zero attached hydrogens (tertiary/aromatic N) is 1. The monoisotopic (exact) mass is 536 g/mol. The molecule has 1 N–H and O–H groups in total. The number of hydrogen-bond donors (Lipinski definition) is 1. The molecule has 9 heteroatoms. The lowest BCUT2D eigenvalue weighted by atomic mass is 10.2. The number of sulfonamides is 1. The highest BCUT2D eigenvalue weighted by molar-refractivity contribution is 9.10. The second-order valence-electron chi connectivity index (χ2n) is 7.14. The second-order valence-corrected chi connectivity index (χ2v) is 11.0. The molecule has 0 atom stereocenters. The number of hydrogen-bond acceptors (Lipinski definition) is 5. The van der Waals surface area contributed by atoms with E-state index in [1.807, 2.05) is 19.1 Å². The van der Waals surface area contributed by atoms with Gasteiger partial charge in [0, 0.05) is 11.0 Å². The third-order valence-corrected chi connectivity index (χ3v) is 7.95. The molecule has 1 amide bonds. The molecule has 3 rings (SSSR count). The van der Waals surface area contributed by atoms with Gasteiger partial charge in [0.05, 0.1) is 22.6 Å². The van der Waals surface area contributed by atoms with E-state index in [-0.39, 0.29) is 17.3 Å². The molecule has 0 saturated carbocycles. The topological polar surface area (TPSA) is 79.6 Å². The molecule has 0 aliphatic heterocycles. The largest absolute Gasteiger partial charge is 0.468 e. The molecule has 32 heavy (non-hydrogen) atoms. The Kier molecular flexibility index (Phi) is 8.84. The minimum atomic E-state index is -3.91. The number of carbonyl (C=O) groups excluding carboxylic acids is 1. The SMILES string of the molecule is Cc1ccc(S(=O)(=O)N(CC(=O)NCCCSCc2ccco2)c2cccc(Br)c2)cc1. The first kappa shape index (κ1) is 24.4. The van der Waals surface area contributed by atoms with Gasteiger partial charge in [0.25, 0.3) is 10.0 Å². The van der Waals surface area contributed by atoms with Crippen molar-refractivity contribution in [2.75, 3.05) is 23.1 Å². The van der Waals surface area contributed by atoms with Crippen molar-refractivity contribution in [3.05, 3.63) is 82.7 Å². The fourth-order valence-corrected chi connectivity index (χ4v) is 5.60. The first-order chi connectivity index (χ1) is 15.4. The van der Waals surface area contributed by atoms with Crippen molar-refractivity contribution >= 4 is 49.3 Å². The Morgan fingerprint density at radius 3 is 2.59 bits per heavy atom.